The molecule has 20 heavy (non-hydrogen) atoms. The highest BCUT2D eigenvalue weighted by atomic mass is 15.4. The Morgan fingerprint density at radius 3 is 2.35 bits per heavy atom. The van der Waals surface area contributed by atoms with E-state index in [1.165, 1.54) is 0 Å². The highest BCUT2D eigenvalue weighted by Gasteiger charge is 2.15. The molecule has 0 saturated carbocycles. The van der Waals surface area contributed by atoms with Gasteiger partial charge in [-0.1, -0.05) is 6.92 Å². The molecule has 2 aromatic rings. The van der Waals surface area contributed by atoms with Crippen molar-refractivity contribution < 1.29 is 0 Å². The summed E-state index contributed by atoms with van der Waals surface area (Å²) in [5.74, 6) is 4.14. The molecular formula is C14H22N6. The first-order valence-electron chi connectivity index (χ1n) is 7.08. The number of hydrogen-bond acceptors (Lipinski definition) is 5. The average molecular weight is 274 g/mol. The molecule has 0 aliphatic carbocycles. The summed E-state index contributed by atoms with van der Waals surface area (Å²) < 4.78 is 1.80. The third kappa shape index (κ3) is 2.79. The number of rotatable bonds is 5. The van der Waals surface area contributed by atoms with Crippen LogP contribution in [0, 0.1) is 20.8 Å². The lowest BCUT2D eigenvalue weighted by Crippen LogP contribution is -2.13. The van der Waals surface area contributed by atoms with Gasteiger partial charge in [0, 0.05) is 18.5 Å². The van der Waals surface area contributed by atoms with Gasteiger partial charge in [-0.05, 0) is 34.1 Å². The van der Waals surface area contributed by atoms with E-state index in [1.54, 1.807) is 4.68 Å². The van der Waals surface area contributed by atoms with E-state index in [1.807, 2.05) is 20.8 Å². The number of nitrogens with one attached hydrogen (secondary N) is 1. The van der Waals surface area contributed by atoms with Crippen molar-refractivity contribution in [1.29, 1.82) is 0 Å². The number of nitrogens with zero attached hydrogens (tertiary/aromatic N) is 5. The van der Waals surface area contributed by atoms with E-state index in [2.05, 4.69) is 39.2 Å². The van der Waals surface area contributed by atoms with Crippen LogP contribution < -0.4 is 5.32 Å². The summed E-state index contributed by atoms with van der Waals surface area (Å²) in [6.45, 7) is 10.9. The van der Waals surface area contributed by atoms with Gasteiger partial charge < -0.3 is 5.32 Å². The molecule has 0 aliphatic rings. The van der Waals surface area contributed by atoms with Crippen LogP contribution in [-0.2, 0) is 6.42 Å². The van der Waals surface area contributed by atoms with Crippen molar-refractivity contribution in [1.82, 2.24) is 24.7 Å². The van der Waals surface area contributed by atoms with Gasteiger partial charge in [0.2, 0.25) is 0 Å². The fourth-order valence-electron chi connectivity index (χ4n) is 2.15. The standard InChI is InChI=1S/C14H22N6/c1-6-8-12-17-13(15-7-2)9(3)14(18-12)20-11(5)16-10(4)19-20/h6-8H2,1-5H3,(H,15,17,18). The molecule has 0 atom stereocenters. The van der Waals surface area contributed by atoms with E-state index in [4.69, 9.17) is 0 Å². The predicted octanol–water partition coefficient (Wildman–Crippen LogP) is 2.37. The molecular weight excluding hydrogens is 252 g/mol. The zero-order valence-corrected chi connectivity index (χ0v) is 12.9. The molecule has 0 saturated heterocycles. The van der Waals surface area contributed by atoms with Gasteiger partial charge in [-0.15, -0.1) is 5.10 Å². The van der Waals surface area contributed by atoms with Gasteiger partial charge in [-0.3, -0.25) is 0 Å². The predicted molar refractivity (Wildman–Crippen MR) is 79.3 cm³/mol. The summed E-state index contributed by atoms with van der Waals surface area (Å²) in [5.41, 5.74) is 1.000. The SMILES string of the molecule is CCCc1nc(NCC)c(C)c(-n2nc(C)nc2C)n1. The monoisotopic (exact) mass is 274 g/mol. The fraction of sp³-hybridized carbons (Fsp3) is 0.571. The molecule has 2 aromatic heterocycles. The topological polar surface area (TPSA) is 68.5 Å². The Labute approximate surface area is 119 Å². The zero-order valence-electron chi connectivity index (χ0n) is 12.9. The Hall–Kier alpha value is -1.98. The van der Waals surface area contributed by atoms with Gasteiger partial charge in [-0.2, -0.15) is 4.68 Å². The largest absolute Gasteiger partial charge is 0.370 e. The summed E-state index contributed by atoms with van der Waals surface area (Å²) in [6, 6.07) is 0. The van der Waals surface area contributed by atoms with E-state index in [0.29, 0.717) is 0 Å². The molecule has 0 fully saturated rings. The van der Waals surface area contributed by atoms with E-state index < -0.39 is 0 Å². The summed E-state index contributed by atoms with van der Waals surface area (Å²) in [7, 11) is 0. The first-order valence-corrected chi connectivity index (χ1v) is 7.08. The van der Waals surface area contributed by atoms with Gasteiger partial charge in [0.25, 0.3) is 0 Å². The van der Waals surface area contributed by atoms with Crippen LogP contribution in [0.4, 0.5) is 5.82 Å². The maximum Gasteiger partial charge on any atom is 0.164 e. The molecule has 6 nitrogen and oxygen atoms in total. The second-order valence-electron chi connectivity index (χ2n) is 4.84. The second kappa shape index (κ2) is 5.98. The first-order chi connectivity index (χ1) is 9.56. The minimum absolute atomic E-state index is 0.752. The molecule has 0 aliphatic heterocycles. The minimum atomic E-state index is 0.752. The maximum absolute atomic E-state index is 4.66. The van der Waals surface area contributed by atoms with Crippen molar-refractivity contribution in [2.45, 2.75) is 47.5 Å². The zero-order chi connectivity index (χ0) is 14.7. The molecule has 2 heterocycles. The summed E-state index contributed by atoms with van der Waals surface area (Å²) in [5, 5.41) is 7.73. The van der Waals surface area contributed by atoms with Gasteiger partial charge in [0.15, 0.2) is 5.82 Å². The maximum atomic E-state index is 4.66. The highest BCUT2D eigenvalue weighted by Crippen LogP contribution is 2.20. The second-order valence-corrected chi connectivity index (χ2v) is 4.84. The Morgan fingerprint density at radius 2 is 1.80 bits per heavy atom. The molecule has 108 valence electrons. The molecule has 0 radical (unpaired) electrons. The van der Waals surface area contributed by atoms with Crippen LogP contribution in [0.5, 0.6) is 0 Å². The van der Waals surface area contributed by atoms with E-state index in [-0.39, 0.29) is 0 Å². The lowest BCUT2D eigenvalue weighted by atomic mass is 10.2. The molecule has 2 rings (SSSR count). The van der Waals surface area contributed by atoms with E-state index >= 15 is 0 Å². The minimum Gasteiger partial charge on any atom is -0.370 e. The van der Waals surface area contributed by atoms with Gasteiger partial charge in [0.05, 0.1) is 0 Å². The van der Waals surface area contributed by atoms with Crippen molar-refractivity contribution >= 4 is 5.82 Å². The number of hydrogen-bond donors (Lipinski definition) is 1. The molecule has 0 unspecified atom stereocenters. The van der Waals surface area contributed by atoms with Crippen LogP contribution in [0.1, 0.15) is 43.3 Å². The molecule has 0 amide bonds. The van der Waals surface area contributed by atoms with Crippen LogP contribution in [0.3, 0.4) is 0 Å². The smallest absolute Gasteiger partial charge is 0.164 e. The van der Waals surface area contributed by atoms with Crippen molar-refractivity contribution in [3.8, 4) is 5.82 Å². The van der Waals surface area contributed by atoms with Gasteiger partial charge >= 0.3 is 0 Å². The fourth-order valence-corrected chi connectivity index (χ4v) is 2.15. The summed E-state index contributed by atoms with van der Waals surface area (Å²) in [4.78, 5) is 13.6. The molecule has 1 N–H and O–H groups in total. The Kier molecular flexibility index (Phi) is 4.32. The third-order valence-corrected chi connectivity index (χ3v) is 3.06. The highest BCUT2D eigenvalue weighted by molar-refractivity contribution is 5.51. The number of aryl methyl sites for hydroxylation is 3. The number of aromatic nitrogens is 5. The Bertz CT molecular complexity index is 602. The third-order valence-electron chi connectivity index (χ3n) is 3.06. The number of anilines is 1. The van der Waals surface area contributed by atoms with Crippen molar-refractivity contribution in [2.75, 3.05) is 11.9 Å². The molecule has 0 spiro atoms. The molecule has 0 aromatic carbocycles. The Morgan fingerprint density at radius 1 is 1.05 bits per heavy atom. The van der Waals surface area contributed by atoms with Crippen LogP contribution in [0.25, 0.3) is 5.82 Å². The summed E-state index contributed by atoms with van der Waals surface area (Å²) in [6.07, 6.45) is 1.88. The quantitative estimate of drug-likeness (QED) is 0.906. The van der Waals surface area contributed by atoms with Crippen LogP contribution >= 0.6 is 0 Å². The Balaban J connectivity index is 2.58. The van der Waals surface area contributed by atoms with Gasteiger partial charge in [0.1, 0.15) is 23.3 Å². The average Bonchev–Trinajstić information content (AvgIpc) is 2.73. The normalized spacial score (nSPS) is 10.8. The van der Waals surface area contributed by atoms with E-state index in [9.17, 15) is 0 Å². The van der Waals surface area contributed by atoms with Crippen molar-refractivity contribution in [3.63, 3.8) is 0 Å². The molecule has 0 bridgehead atoms. The lowest BCUT2D eigenvalue weighted by molar-refractivity contribution is 0.757. The summed E-state index contributed by atoms with van der Waals surface area (Å²) >= 11 is 0. The lowest BCUT2D eigenvalue weighted by Gasteiger charge is -2.13. The van der Waals surface area contributed by atoms with Gasteiger partial charge in [-0.25, -0.2) is 15.0 Å². The first kappa shape index (κ1) is 14.4. The van der Waals surface area contributed by atoms with Crippen molar-refractivity contribution in [2.24, 2.45) is 0 Å². The van der Waals surface area contributed by atoms with Crippen molar-refractivity contribution in [3.05, 3.63) is 23.0 Å². The molecule has 6 heteroatoms. The van der Waals surface area contributed by atoms with E-state index in [0.717, 1.165) is 54.1 Å². The van der Waals surface area contributed by atoms with Crippen LogP contribution in [-0.4, -0.2) is 31.3 Å². The van der Waals surface area contributed by atoms with Crippen LogP contribution in [0.2, 0.25) is 0 Å². The van der Waals surface area contributed by atoms with Crippen LogP contribution in [0.15, 0.2) is 0 Å².